The minimum Gasteiger partial charge on any atom is -0.355 e. The van der Waals surface area contributed by atoms with Gasteiger partial charge in [0.05, 0.1) is 11.8 Å². The molecule has 2 amide bonds. The number of fused-ring (bicyclic) bond motifs is 1. The summed E-state index contributed by atoms with van der Waals surface area (Å²) in [5.74, 6) is -0.0632. The van der Waals surface area contributed by atoms with Crippen molar-refractivity contribution in [1.29, 1.82) is 0 Å². The first kappa shape index (κ1) is 14.1. The molecule has 21 heavy (non-hydrogen) atoms. The Hall–Kier alpha value is -1.82. The van der Waals surface area contributed by atoms with Gasteiger partial charge < -0.3 is 5.32 Å². The van der Waals surface area contributed by atoms with Crippen molar-refractivity contribution in [2.75, 3.05) is 19.6 Å². The van der Waals surface area contributed by atoms with Crippen molar-refractivity contribution in [2.45, 2.75) is 18.1 Å². The average Bonchev–Trinajstić information content (AvgIpc) is 2.97. The molecular formula is C15H17N3O2S. The number of amidine groups is 1. The van der Waals surface area contributed by atoms with Gasteiger partial charge in [0.1, 0.15) is 0 Å². The van der Waals surface area contributed by atoms with Gasteiger partial charge in [-0.05, 0) is 12.0 Å². The number of hydrogen-bond acceptors (Lipinski definition) is 4. The number of aliphatic imine (C=N–C) groups is 1. The normalized spacial score (nSPS) is 21.0. The van der Waals surface area contributed by atoms with Crippen LogP contribution < -0.4 is 5.32 Å². The second kappa shape index (κ2) is 6.30. The van der Waals surface area contributed by atoms with Crippen LogP contribution in [-0.4, -0.2) is 46.8 Å². The van der Waals surface area contributed by atoms with E-state index in [1.807, 2.05) is 30.3 Å². The lowest BCUT2D eigenvalue weighted by Crippen LogP contribution is -2.45. The molecule has 0 unspecified atom stereocenters. The van der Waals surface area contributed by atoms with Crippen LogP contribution >= 0.6 is 11.8 Å². The first-order chi connectivity index (χ1) is 10.2. The lowest BCUT2D eigenvalue weighted by atomic mass is 10.1. The van der Waals surface area contributed by atoms with Crippen molar-refractivity contribution in [2.24, 2.45) is 4.99 Å². The van der Waals surface area contributed by atoms with Crippen LogP contribution in [0.4, 0.5) is 0 Å². The molecule has 2 aliphatic heterocycles. The molecule has 0 aliphatic carbocycles. The number of benzene rings is 1. The SMILES string of the molecule is O=C(NCCc1ccccc1)[C@H]1CC(=O)N2CCN=C2S1. The van der Waals surface area contributed by atoms with Crippen molar-refractivity contribution in [1.82, 2.24) is 10.2 Å². The lowest BCUT2D eigenvalue weighted by Gasteiger charge is -2.27. The van der Waals surface area contributed by atoms with Crippen LogP contribution in [0.1, 0.15) is 12.0 Å². The summed E-state index contributed by atoms with van der Waals surface area (Å²) < 4.78 is 0. The second-order valence-electron chi connectivity index (χ2n) is 5.05. The molecule has 0 spiro atoms. The van der Waals surface area contributed by atoms with Crippen LogP contribution in [0, 0.1) is 0 Å². The number of hydrogen-bond donors (Lipinski definition) is 1. The van der Waals surface area contributed by atoms with Gasteiger partial charge in [0.15, 0.2) is 5.17 Å². The average molecular weight is 303 g/mol. The lowest BCUT2D eigenvalue weighted by molar-refractivity contribution is -0.130. The van der Waals surface area contributed by atoms with Gasteiger partial charge in [-0.1, -0.05) is 42.1 Å². The molecule has 6 heteroatoms. The molecule has 1 aromatic carbocycles. The zero-order chi connectivity index (χ0) is 14.7. The Bertz CT molecular complexity index is 574. The maximum atomic E-state index is 12.2. The van der Waals surface area contributed by atoms with E-state index in [-0.39, 0.29) is 23.5 Å². The van der Waals surface area contributed by atoms with Crippen LogP contribution in [0.3, 0.4) is 0 Å². The fraction of sp³-hybridized carbons (Fsp3) is 0.400. The van der Waals surface area contributed by atoms with E-state index in [4.69, 9.17) is 0 Å². The Morgan fingerprint density at radius 2 is 2.19 bits per heavy atom. The van der Waals surface area contributed by atoms with Gasteiger partial charge in [-0.3, -0.25) is 19.5 Å². The summed E-state index contributed by atoms with van der Waals surface area (Å²) in [6, 6.07) is 10.0. The summed E-state index contributed by atoms with van der Waals surface area (Å²) in [4.78, 5) is 30.1. The predicted octanol–water partition coefficient (Wildman–Crippen LogP) is 1.05. The highest BCUT2D eigenvalue weighted by molar-refractivity contribution is 8.15. The van der Waals surface area contributed by atoms with E-state index in [0.29, 0.717) is 24.8 Å². The van der Waals surface area contributed by atoms with Gasteiger partial charge in [0.2, 0.25) is 11.8 Å². The van der Waals surface area contributed by atoms with Crippen molar-refractivity contribution in [3.05, 3.63) is 35.9 Å². The Morgan fingerprint density at radius 1 is 1.38 bits per heavy atom. The molecule has 2 aliphatic rings. The van der Waals surface area contributed by atoms with E-state index in [9.17, 15) is 9.59 Å². The Balaban J connectivity index is 1.50. The highest BCUT2D eigenvalue weighted by atomic mass is 32.2. The maximum Gasteiger partial charge on any atom is 0.234 e. The number of nitrogens with zero attached hydrogens (tertiary/aromatic N) is 2. The zero-order valence-electron chi connectivity index (χ0n) is 11.6. The van der Waals surface area contributed by atoms with Crippen LogP contribution in [0.2, 0.25) is 0 Å². The van der Waals surface area contributed by atoms with Gasteiger partial charge in [-0.2, -0.15) is 0 Å². The predicted molar refractivity (Wildman–Crippen MR) is 83.2 cm³/mol. The number of rotatable bonds is 4. The number of carbonyl (C=O) groups is 2. The molecule has 2 heterocycles. The summed E-state index contributed by atoms with van der Waals surface area (Å²) in [6.07, 6.45) is 1.06. The third-order valence-corrected chi connectivity index (χ3v) is 4.78. The number of carbonyl (C=O) groups excluding carboxylic acids is 2. The number of thioether (sulfide) groups is 1. The molecule has 5 nitrogen and oxygen atoms in total. The summed E-state index contributed by atoms with van der Waals surface area (Å²) in [5.41, 5.74) is 1.19. The molecule has 1 saturated heterocycles. The fourth-order valence-corrected chi connectivity index (χ4v) is 3.59. The van der Waals surface area contributed by atoms with Crippen LogP contribution in [0.5, 0.6) is 0 Å². The molecule has 0 saturated carbocycles. The third-order valence-electron chi connectivity index (χ3n) is 3.56. The van der Waals surface area contributed by atoms with Gasteiger partial charge in [-0.25, -0.2) is 0 Å². The first-order valence-electron chi connectivity index (χ1n) is 7.07. The monoisotopic (exact) mass is 303 g/mol. The molecule has 0 aromatic heterocycles. The van der Waals surface area contributed by atoms with E-state index in [1.54, 1.807) is 4.90 Å². The van der Waals surface area contributed by atoms with E-state index in [1.165, 1.54) is 17.3 Å². The van der Waals surface area contributed by atoms with E-state index in [0.717, 1.165) is 6.42 Å². The minimum absolute atomic E-state index is 0.00760. The van der Waals surface area contributed by atoms with Crippen LogP contribution in [-0.2, 0) is 16.0 Å². The van der Waals surface area contributed by atoms with Gasteiger partial charge >= 0.3 is 0 Å². The minimum atomic E-state index is -0.346. The van der Waals surface area contributed by atoms with Crippen molar-refractivity contribution in [3.8, 4) is 0 Å². The molecule has 1 N–H and O–H groups in total. The zero-order valence-corrected chi connectivity index (χ0v) is 12.4. The molecular weight excluding hydrogens is 286 g/mol. The third kappa shape index (κ3) is 3.26. The fourth-order valence-electron chi connectivity index (χ4n) is 2.43. The van der Waals surface area contributed by atoms with Crippen molar-refractivity contribution >= 4 is 28.7 Å². The van der Waals surface area contributed by atoms with Crippen molar-refractivity contribution in [3.63, 3.8) is 0 Å². The smallest absolute Gasteiger partial charge is 0.234 e. The molecule has 0 bridgehead atoms. The largest absolute Gasteiger partial charge is 0.355 e. The Morgan fingerprint density at radius 3 is 3.00 bits per heavy atom. The highest BCUT2D eigenvalue weighted by Crippen LogP contribution is 2.28. The summed E-state index contributed by atoms with van der Waals surface area (Å²) in [6.45, 7) is 1.89. The Kier molecular flexibility index (Phi) is 4.24. The Labute approximate surface area is 127 Å². The summed E-state index contributed by atoms with van der Waals surface area (Å²) in [5, 5.41) is 3.27. The summed E-state index contributed by atoms with van der Waals surface area (Å²) >= 11 is 1.40. The quantitative estimate of drug-likeness (QED) is 0.904. The second-order valence-corrected chi connectivity index (χ2v) is 6.22. The topological polar surface area (TPSA) is 61.8 Å². The summed E-state index contributed by atoms with van der Waals surface area (Å²) in [7, 11) is 0. The molecule has 1 aromatic rings. The standard InChI is InChI=1S/C15H17N3O2S/c19-13-10-12(21-15-17-8-9-18(13)15)14(20)16-7-6-11-4-2-1-3-5-11/h1-5,12H,6-10H2,(H,16,20)/t12-/m1/s1. The van der Waals surface area contributed by atoms with Gasteiger partial charge in [0.25, 0.3) is 0 Å². The molecule has 1 fully saturated rings. The van der Waals surface area contributed by atoms with Crippen molar-refractivity contribution < 1.29 is 9.59 Å². The van der Waals surface area contributed by atoms with E-state index >= 15 is 0 Å². The van der Waals surface area contributed by atoms with Gasteiger partial charge in [-0.15, -0.1) is 0 Å². The molecule has 3 rings (SSSR count). The van der Waals surface area contributed by atoms with E-state index in [2.05, 4.69) is 10.3 Å². The number of nitrogens with one attached hydrogen (secondary N) is 1. The number of amides is 2. The first-order valence-corrected chi connectivity index (χ1v) is 7.95. The van der Waals surface area contributed by atoms with Crippen LogP contribution in [0.25, 0.3) is 0 Å². The molecule has 0 radical (unpaired) electrons. The van der Waals surface area contributed by atoms with E-state index < -0.39 is 0 Å². The molecule has 110 valence electrons. The molecule has 1 atom stereocenters. The maximum absolute atomic E-state index is 12.2. The van der Waals surface area contributed by atoms with Gasteiger partial charge in [0, 0.05) is 19.5 Å². The highest BCUT2D eigenvalue weighted by Gasteiger charge is 2.37. The van der Waals surface area contributed by atoms with Crippen LogP contribution in [0.15, 0.2) is 35.3 Å².